The van der Waals surface area contributed by atoms with Gasteiger partial charge in [0.05, 0.1) is 12.1 Å². The Kier molecular flexibility index (Phi) is 5.45. The molecular weight excluding hydrogens is 282 g/mol. The lowest BCUT2D eigenvalue weighted by Gasteiger charge is -2.41. The maximum atomic E-state index is 12.2. The van der Waals surface area contributed by atoms with Crippen molar-refractivity contribution >= 4 is 11.8 Å². The second-order valence-electron chi connectivity index (χ2n) is 7.20. The van der Waals surface area contributed by atoms with Gasteiger partial charge in [-0.1, -0.05) is 13.8 Å². The number of hydrogen-bond donors (Lipinski definition) is 2. The largest absolute Gasteiger partial charge is 0.391 e. The van der Waals surface area contributed by atoms with Gasteiger partial charge < -0.3 is 20.2 Å². The predicted molar refractivity (Wildman–Crippen MR) is 84.3 cm³/mol. The van der Waals surface area contributed by atoms with Crippen LogP contribution in [0.25, 0.3) is 0 Å². The van der Waals surface area contributed by atoms with Crippen LogP contribution < -0.4 is 5.32 Å². The van der Waals surface area contributed by atoms with Crippen molar-refractivity contribution in [2.45, 2.75) is 52.2 Å². The standard InChI is InChI=1S/C16H29N3O3/c1-12-15(22)18(10-7-17-12)8-4-5-14(21)19-9-6-16(2,3)13(20)11-19/h12-13,17,20H,4-11H2,1-3H3/t12?,13-/m1/s1. The molecule has 0 aromatic rings. The molecule has 2 aliphatic rings. The summed E-state index contributed by atoms with van der Waals surface area (Å²) in [4.78, 5) is 27.8. The van der Waals surface area contributed by atoms with Crippen LogP contribution in [0.15, 0.2) is 0 Å². The summed E-state index contributed by atoms with van der Waals surface area (Å²) in [6.45, 7) is 9.26. The summed E-state index contributed by atoms with van der Waals surface area (Å²) in [7, 11) is 0. The first-order chi connectivity index (χ1) is 10.3. The predicted octanol–water partition coefficient (Wildman–Crippen LogP) is 0.206. The Morgan fingerprint density at radius 2 is 2.14 bits per heavy atom. The minimum absolute atomic E-state index is 0.0881. The summed E-state index contributed by atoms with van der Waals surface area (Å²) in [5.41, 5.74) is -0.111. The highest BCUT2D eigenvalue weighted by Crippen LogP contribution is 2.30. The third-order valence-electron chi connectivity index (χ3n) is 5.01. The van der Waals surface area contributed by atoms with E-state index in [1.807, 2.05) is 25.7 Å². The van der Waals surface area contributed by atoms with E-state index in [0.717, 1.165) is 13.0 Å². The van der Waals surface area contributed by atoms with Crippen molar-refractivity contribution in [3.63, 3.8) is 0 Å². The van der Waals surface area contributed by atoms with Gasteiger partial charge in [0, 0.05) is 39.1 Å². The molecule has 0 aliphatic carbocycles. The molecule has 22 heavy (non-hydrogen) atoms. The van der Waals surface area contributed by atoms with Crippen molar-refractivity contribution < 1.29 is 14.7 Å². The van der Waals surface area contributed by atoms with Gasteiger partial charge in [-0.2, -0.15) is 0 Å². The van der Waals surface area contributed by atoms with E-state index in [0.29, 0.717) is 39.0 Å². The van der Waals surface area contributed by atoms with Crippen molar-refractivity contribution in [2.75, 3.05) is 32.7 Å². The molecule has 6 nitrogen and oxygen atoms in total. The molecule has 6 heteroatoms. The Morgan fingerprint density at radius 1 is 1.41 bits per heavy atom. The summed E-state index contributed by atoms with van der Waals surface area (Å²) in [5, 5.41) is 13.2. The summed E-state index contributed by atoms with van der Waals surface area (Å²) in [6.07, 6.45) is 1.50. The van der Waals surface area contributed by atoms with E-state index in [1.165, 1.54) is 0 Å². The van der Waals surface area contributed by atoms with E-state index in [4.69, 9.17) is 0 Å². The van der Waals surface area contributed by atoms with Crippen LogP contribution in [0.1, 0.15) is 40.0 Å². The first kappa shape index (κ1) is 17.2. The molecule has 2 rings (SSSR count). The third-order valence-corrected chi connectivity index (χ3v) is 5.01. The van der Waals surface area contributed by atoms with Gasteiger partial charge in [-0.15, -0.1) is 0 Å². The van der Waals surface area contributed by atoms with Gasteiger partial charge in [-0.25, -0.2) is 0 Å². The van der Waals surface area contributed by atoms with E-state index in [9.17, 15) is 14.7 Å². The molecule has 2 atom stereocenters. The van der Waals surface area contributed by atoms with Crippen molar-refractivity contribution in [3.8, 4) is 0 Å². The maximum Gasteiger partial charge on any atom is 0.239 e. The summed E-state index contributed by atoms with van der Waals surface area (Å²) in [5.74, 6) is 0.207. The van der Waals surface area contributed by atoms with Gasteiger partial charge in [0.1, 0.15) is 0 Å². The third kappa shape index (κ3) is 3.98. The SMILES string of the molecule is CC1NCCN(CCCC(=O)N2CCC(C)(C)[C@H](O)C2)C1=O. The molecule has 0 bridgehead atoms. The number of amides is 2. The van der Waals surface area contributed by atoms with Crippen LogP contribution in [0.4, 0.5) is 0 Å². The van der Waals surface area contributed by atoms with Gasteiger partial charge in [0.2, 0.25) is 11.8 Å². The highest BCUT2D eigenvalue weighted by Gasteiger charge is 2.35. The molecular formula is C16H29N3O3. The van der Waals surface area contributed by atoms with Crippen LogP contribution in [0, 0.1) is 5.41 Å². The molecule has 2 aliphatic heterocycles. The zero-order chi connectivity index (χ0) is 16.3. The van der Waals surface area contributed by atoms with E-state index >= 15 is 0 Å². The molecule has 0 radical (unpaired) electrons. The number of aliphatic hydroxyl groups excluding tert-OH is 1. The van der Waals surface area contributed by atoms with Crippen LogP contribution in [-0.2, 0) is 9.59 Å². The number of rotatable bonds is 4. The number of carbonyl (C=O) groups excluding carboxylic acids is 2. The Hall–Kier alpha value is -1.14. The fourth-order valence-electron chi connectivity index (χ4n) is 3.05. The zero-order valence-electron chi connectivity index (χ0n) is 14.0. The number of nitrogens with one attached hydrogen (secondary N) is 1. The Morgan fingerprint density at radius 3 is 2.82 bits per heavy atom. The Balaban J connectivity index is 1.73. The maximum absolute atomic E-state index is 12.2. The number of carbonyl (C=O) groups is 2. The first-order valence-corrected chi connectivity index (χ1v) is 8.29. The van der Waals surface area contributed by atoms with E-state index in [-0.39, 0.29) is 23.3 Å². The number of β-amino-alcohol motifs (C(OH)–C–C–N with tert-alkyl or cyclic N) is 1. The number of hydrogen-bond acceptors (Lipinski definition) is 4. The van der Waals surface area contributed by atoms with Crippen molar-refractivity contribution in [1.29, 1.82) is 0 Å². The fraction of sp³-hybridized carbons (Fsp3) is 0.875. The Bertz CT molecular complexity index is 425. The highest BCUT2D eigenvalue weighted by molar-refractivity contribution is 5.82. The van der Waals surface area contributed by atoms with Crippen molar-refractivity contribution in [2.24, 2.45) is 5.41 Å². The van der Waals surface area contributed by atoms with Gasteiger partial charge in [0.25, 0.3) is 0 Å². The lowest BCUT2D eigenvalue weighted by Crippen LogP contribution is -2.54. The smallest absolute Gasteiger partial charge is 0.239 e. The Labute approximate surface area is 132 Å². The molecule has 0 saturated carbocycles. The minimum Gasteiger partial charge on any atom is -0.391 e. The van der Waals surface area contributed by atoms with E-state index < -0.39 is 6.10 Å². The fourth-order valence-corrected chi connectivity index (χ4v) is 3.05. The van der Waals surface area contributed by atoms with Gasteiger partial charge in [-0.3, -0.25) is 9.59 Å². The van der Waals surface area contributed by atoms with Crippen LogP contribution in [0.3, 0.4) is 0 Å². The minimum atomic E-state index is -0.458. The quantitative estimate of drug-likeness (QED) is 0.778. The number of piperidine rings is 1. The second kappa shape index (κ2) is 6.96. The first-order valence-electron chi connectivity index (χ1n) is 8.29. The lowest BCUT2D eigenvalue weighted by molar-refractivity contribution is -0.139. The van der Waals surface area contributed by atoms with Gasteiger partial charge >= 0.3 is 0 Å². The van der Waals surface area contributed by atoms with Crippen LogP contribution in [-0.4, -0.2) is 71.6 Å². The van der Waals surface area contributed by atoms with Crippen molar-refractivity contribution in [3.05, 3.63) is 0 Å². The zero-order valence-corrected chi connectivity index (χ0v) is 14.0. The molecule has 0 aromatic heterocycles. The molecule has 0 spiro atoms. The average Bonchev–Trinajstić information content (AvgIpc) is 2.46. The number of likely N-dealkylation sites (tertiary alicyclic amines) is 1. The highest BCUT2D eigenvalue weighted by atomic mass is 16.3. The van der Waals surface area contributed by atoms with Crippen LogP contribution in [0.2, 0.25) is 0 Å². The molecule has 2 saturated heterocycles. The molecule has 2 amide bonds. The average molecular weight is 311 g/mol. The van der Waals surface area contributed by atoms with Crippen LogP contribution >= 0.6 is 0 Å². The molecule has 2 heterocycles. The molecule has 1 unspecified atom stereocenters. The molecule has 0 aromatic carbocycles. The number of nitrogens with zero attached hydrogens (tertiary/aromatic N) is 2. The molecule has 2 fully saturated rings. The molecule has 2 N–H and O–H groups in total. The summed E-state index contributed by atoms with van der Waals surface area (Å²) < 4.78 is 0. The van der Waals surface area contributed by atoms with Crippen molar-refractivity contribution in [1.82, 2.24) is 15.1 Å². The molecule has 126 valence electrons. The van der Waals surface area contributed by atoms with Crippen LogP contribution in [0.5, 0.6) is 0 Å². The second-order valence-corrected chi connectivity index (χ2v) is 7.20. The van der Waals surface area contributed by atoms with Gasteiger partial charge in [-0.05, 0) is 25.2 Å². The van der Waals surface area contributed by atoms with E-state index in [2.05, 4.69) is 5.32 Å². The monoisotopic (exact) mass is 311 g/mol. The lowest BCUT2D eigenvalue weighted by atomic mass is 9.80. The summed E-state index contributed by atoms with van der Waals surface area (Å²) >= 11 is 0. The normalized spacial score (nSPS) is 28.8. The van der Waals surface area contributed by atoms with E-state index in [1.54, 1.807) is 4.90 Å². The number of aliphatic hydroxyl groups is 1. The summed E-state index contributed by atoms with van der Waals surface area (Å²) in [6, 6.07) is -0.121. The topological polar surface area (TPSA) is 72.9 Å². The van der Waals surface area contributed by atoms with Gasteiger partial charge in [0.15, 0.2) is 0 Å². The number of piperazine rings is 1.